The molecule has 1 fully saturated rings. The second-order valence-corrected chi connectivity index (χ2v) is 4.03. The molecule has 2 amide bonds. The fourth-order valence-electron chi connectivity index (χ4n) is 0.821. The Balaban J connectivity index is 2.75. The van der Waals surface area contributed by atoms with Crippen molar-refractivity contribution in [2.75, 3.05) is 0 Å². The summed E-state index contributed by atoms with van der Waals surface area (Å²) in [6.45, 7) is 0. The molecule has 0 bridgehead atoms. The van der Waals surface area contributed by atoms with Gasteiger partial charge in [-0.25, -0.2) is 3.93 Å². The van der Waals surface area contributed by atoms with Crippen LogP contribution in [0, 0.1) is 5.92 Å². The number of halogens is 3. The SMILES string of the molecule is O=C1CC(C(Cl)Cl)C(=O)N1Br. The molecule has 11 heavy (non-hydrogen) atoms. The van der Waals surface area contributed by atoms with Crippen molar-refractivity contribution in [3.8, 4) is 0 Å². The predicted molar refractivity (Wildman–Crippen MR) is 44.4 cm³/mol. The van der Waals surface area contributed by atoms with Gasteiger partial charge < -0.3 is 0 Å². The first kappa shape index (κ1) is 9.29. The summed E-state index contributed by atoms with van der Waals surface area (Å²) in [6, 6.07) is 0. The molecule has 0 spiro atoms. The third-order valence-electron chi connectivity index (χ3n) is 1.43. The van der Waals surface area contributed by atoms with Crippen LogP contribution in [0.15, 0.2) is 0 Å². The molecule has 1 rings (SSSR count). The van der Waals surface area contributed by atoms with E-state index in [1.165, 1.54) is 0 Å². The average molecular weight is 261 g/mol. The van der Waals surface area contributed by atoms with Gasteiger partial charge in [0.2, 0.25) is 11.8 Å². The number of hydrogen-bond acceptors (Lipinski definition) is 2. The van der Waals surface area contributed by atoms with Crippen molar-refractivity contribution < 1.29 is 9.59 Å². The molecule has 0 radical (unpaired) electrons. The van der Waals surface area contributed by atoms with E-state index in [1.807, 2.05) is 0 Å². The summed E-state index contributed by atoms with van der Waals surface area (Å²) in [5.41, 5.74) is 0. The number of carbonyl (C=O) groups is 2. The van der Waals surface area contributed by atoms with Crippen molar-refractivity contribution >= 4 is 51.2 Å². The van der Waals surface area contributed by atoms with Crippen molar-refractivity contribution in [3.63, 3.8) is 0 Å². The van der Waals surface area contributed by atoms with Crippen LogP contribution >= 0.6 is 39.3 Å². The zero-order valence-corrected chi connectivity index (χ0v) is 8.36. The lowest BCUT2D eigenvalue weighted by atomic mass is 10.1. The van der Waals surface area contributed by atoms with Gasteiger partial charge >= 0.3 is 0 Å². The van der Waals surface area contributed by atoms with Gasteiger partial charge in [0.15, 0.2) is 0 Å². The highest BCUT2D eigenvalue weighted by Crippen LogP contribution is 2.29. The van der Waals surface area contributed by atoms with Crippen LogP contribution in [-0.2, 0) is 9.59 Å². The Hall–Kier alpha value is 0.200. The van der Waals surface area contributed by atoms with E-state index in [0.717, 1.165) is 3.93 Å². The summed E-state index contributed by atoms with van der Waals surface area (Å²) >= 11 is 13.7. The molecule has 0 aromatic carbocycles. The predicted octanol–water partition coefficient (Wildman–Crippen LogP) is 1.48. The minimum atomic E-state index is -0.811. The minimum Gasteiger partial charge on any atom is -0.273 e. The molecule has 1 atom stereocenters. The maximum Gasteiger partial charge on any atom is 0.245 e. The van der Waals surface area contributed by atoms with Gasteiger partial charge in [-0.15, -0.1) is 23.2 Å². The lowest BCUT2D eigenvalue weighted by molar-refractivity contribution is -0.132. The normalized spacial score (nSPS) is 25.5. The Kier molecular flexibility index (Phi) is 2.78. The van der Waals surface area contributed by atoms with Gasteiger partial charge in [0.05, 0.1) is 22.1 Å². The summed E-state index contributed by atoms with van der Waals surface area (Å²) in [6.07, 6.45) is 0.0851. The van der Waals surface area contributed by atoms with E-state index in [-0.39, 0.29) is 18.2 Å². The fourth-order valence-corrected chi connectivity index (χ4v) is 1.62. The van der Waals surface area contributed by atoms with E-state index in [2.05, 4.69) is 16.1 Å². The Labute approximate surface area is 82.0 Å². The maximum atomic E-state index is 11.0. The van der Waals surface area contributed by atoms with E-state index in [0.29, 0.717) is 0 Å². The highest BCUT2D eigenvalue weighted by atomic mass is 79.9. The molecule has 1 aliphatic heterocycles. The molecule has 0 N–H and O–H groups in total. The molecule has 0 aliphatic carbocycles. The number of hydrogen-bond donors (Lipinski definition) is 0. The van der Waals surface area contributed by atoms with Gasteiger partial charge in [0, 0.05) is 6.42 Å². The zero-order chi connectivity index (χ0) is 8.59. The summed E-state index contributed by atoms with van der Waals surface area (Å²) in [4.78, 5) is 21.1. The fraction of sp³-hybridized carbons (Fsp3) is 0.600. The molecular formula is C5H4BrCl2NO2. The third-order valence-corrected chi connectivity index (χ3v) is 2.78. The van der Waals surface area contributed by atoms with Crippen molar-refractivity contribution in [1.82, 2.24) is 3.93 Å². The second kappa shape index (κ2) is 3.29. The molecule has 1 heterocycles. The molecule has 1 aliphatic rings. The summed E-state index contributed by atoms with van der Waals surface area (Å²) in [5, 5.41) is 0. The molecule has 0 aromatic rings. The highest BCUT2D eigenvalue weighted by molar-refractivity contribution is 9.08. The molecule has 0 saturated carbocycles. The number of nitrogens with zero attached hydrogens (tertiary/aromatic N) is 1. The van der Waals surface area contributed by atoms with Crippen molar-refractivity contribution in [1.29, 1.82) is 0 Å². The van der Waals surface area contributed by atoms with Crippen molar-refractivity contribution in [3.05, 3.63) is 0 Å². The van der Waals surface area contributed by atoms with Crippen LogP contribution in [0.3, 0.4) is 0 Å². The molecule has 3 nitrogen and oxygen atoms in total. The number of alkyl halides is 2. The van der Waals surface area contributed by atoms with Crippen LogP contribution in [0.5, 0.6) is 0 Å². The first-order valence-electron chi connectivity index (χ1n) is 2.84. The second-order valence-electron chi connectivity index (χ2n) is 2.16. The van der Waals surface area contributed by atoms with E-state index in [9.17, 15) is 9.59 Å². The van der Waals surface area contributed by atoms with Crippen LogP contribution in [0.25, 0.3) is 0 Å². The van der Waals surface area contributed by atoms with Gasteiger partial charge in [-0.1, -0.05) is 0 Å². The highest BCUT2D eigenvalue weighted by Gasteiger charge is 2.40. The number of carbonyl (C=O) groups excluding carboxylic acids is 2. The molecule has 6 heteroatoms. The first-order chi connectivity index (χ1) is 5.04. The molecule has 1 unspecified atom stereocenters. The van der Waals surface area contributed by atoms with E-state index < -0.39 is 10.8 Å². The Morgan fingerprint density at radius 2 is 2.09 bits per heavy atom. The van der Waals surface area contributed by atoms with Crippen LogP contribution in [0.1, 0.15) is 6.42 Å². The van der Waals surface area contributed by atoms with Crippen LogP contribution in [0.4, 0.5) is 0 Å². The summed E-state index contributed by atoms with van der Waals surface area (Å²) in [5.74, 6) is -1.26. The number of amides is 2. The summed E-state index contributed by atoms with van der Waals surface area (Å²) < 4.78 is 0.870. The van der Waals surface area contributed by atoms with Crippen LogP contribution in [0.2, 0.25) is 0 Å². The van der Waals surface area contributed by atoms with E-state index in [4.69, 9.17) is 23.2 Å². The van der Waals surface area contributed by atoms with Gasteiger partial charge in [-0.3, -0.25) is 9.59 Å². The topological polar surface area (TPSA) is 37.4 Å². The Morgan fingerprint density at radius 1 is 1.55 bits per heavy atom. The Bertz CT molecular complexity index is 209. The van der Waals surface area contributed by atoms with Gasteiger partial charge in [0.25, 0.3) is 0 Å². The van der Waals surface area contributed by atoms with Gasteiger partial charge in [-0.2, -0.15) is 0 Å². The Morgan fingerprint density at radius 3 is 2.27 bits per heavy atom. The monoisotopic (exact) mass is 259 g/mol. The largest absolute Gasteiger partial charge is 0.273 e. The van der Waals surface area contributed by atoms with E-state index in [1.54, 1.807) is 0 Å². The zero-order valence-electron chi connectivity index (χ0n) is 5.26. The standard InChI is InChI=1S/C5H4BrCl2NO2/c6-9-3(10)1-2(4(7)8)5(9)11/h2,4H,1H2. The lowest BCUT2D eigenvalue weighted by Gasteiger charge is -2.06. The maximum absolute atomic E-state index is 11.0. The molecule has 0 aromatic heterocycles. The average Bonchev–Trinajstić information content (AvgIpc) is 2.17. The van der Waals surface area contributed by atoms with Gasteiger partial charge in [-0.05, 0) is 0 Å². The van der Waals surface area contributed by atoms with Gasteiger partial charge in [0.1, 0.15) is 4.84 Å². The number of imide groups is 1. The molecule has 62 valence electrons. The van der Waals surface area contributed by atoms with E-state index >= 15 is 0 Å². The van der Waals surface area contributed by atoms with Crippen LogP contribution in [-0.4, -0.2) is 20.6 Å². The summed E-state index contributed by atoms with van der Waals surface area (Å²) in [7, 11) is 0. The number of rotatable bonds is 1. The van der Waals surface area contributed by atoms with Crippen LogP contribution < -0.4 is 0 Å². The smallest absolute Gasteiger partial charge is 0.245 e. The van der Waals surface area contributed by atoms with Crippen molar-refractivity contribution in [2.24, 2.45) is 5.92 Å². The minimum absolute atomic E-state index is 0.0851. The quantitative estimate of drug-likeness (QED) is 0.407. The first-order valence-corrected chi connectivity index (χ1v) is 4.43. The lowest BCUT2D eigenvalue weighted by Crippen LogP contribution is -2.22. The third kappa shape index (κ3) is 1.68. The van der Waals surface area contributed by atoms with Crippen molar-refractivity contribution in [2.45, 2.75) is 11.3 Å². The molecule has 1 saturated heterocycles. The molecular weight excluding hydrogens is 257 g/mol.